The summed E-state index contributed by atoms with van der Waals surface area (Å²) < 4.78 is 7.52. The Bertz CT molecular complexity index is 745. The average Bonchev–Trinajstić information content (AvgIpc) is 3.08. The van der Waals surface area contributed by atoms with Gasteiger partial charge in [0, 0.05) is 37.9 Å². The van der Waals surface area contributed by atoms with Gasteiger partial charge in [0.25, 0.3) is 5.91 Å². The first kappa shape index (κ1) is 17.0. The Labute approximate surface area is 146 Å². The van der Waals surface area contributed by atoms with Crippen LogP contribution in [0.4, 0.5) is 5.69 Å². The number of carbonyl (C=O) groups excluding carboxylic acids is 2. The Morgan fingerprint density at radius 1 is 1.40 bits per heavy atom. The Hall–Kier alpha value is -2.83. The van der Waals surface area contributed by atoms with Crippen molar-refractivity contribution in [2.45, 2.75) is 39.0 Å². The van der Waals surface area contributed by atoms with Crippen LogP contribution in [0.25, 0.3) is 0 Å². The number of imidazole rings is 1. The fraction of sp³-hybridized carbons (Fsp3) is 0.389. The van der Waals surface area contributed by atoms with Crippen molar-refractivity contribution >= 4 is 17.5 Å². The van der Waals surface area contributed by atoms with Gasteiger partial charge in [-0.2, -0.15) is 0 Å². The van der Waals surface area contributed by atoms with Crippen molar-refractivity contribution < 1.29 is 14.3 Å². The Morgan fingerprint density at radius 3 is 2.96 bits per heavy atom. The molecule has 0 unspecified atom stereocenters. The van der Waals surface area contributed by atoms with Gasteiger partial charge in [-0.05, 0) is 26.0 Å². The van der Waals surface area contributed by atoms with E-state index in [1.54, 1.807) is 24.3 Å². The second-order valence-electron chi connectivity index (χ2n) is 6.20. The van der Waals surface area contributed by atoms with E-state index in [-0.39, 0.29) is 24.3 Å². The standard InChI is InChI=1S/C18H22N4O3/c1-13(11-21-10-8-19-12-21)20-17(23)7-9-22-15-5-3-4-6-16(15)25-14(2)18(22)24/h3-6,8,10,12-14H,7,9,11H2,1-2H3,(H,20,23)/t13-,14+/m0/s1. The number of fused-ring (bicyclic) bond motifs is 1. The number of nitrogens with one attached hydrogen (secondary N) is 1. The molecule has 25 heavy (non-hydrogen) atoms. The molecular formula is C18H22N4O3. The van der Waals surface area contributed by atoms with E-state index in [0.717, 1.165) is 0 Å². The van der Waals surface area contributed by atoms with E-state index in [1.165, 1.54) is 0 Å². The largest absolute Gasteiger partial charge is 0.479 e. The van der Waals surface area contributed by atoms with Gasteiger partial charge in [0.15, 0.2) is 6.10 Å². The normalized spacial score (nSPS) is 17.6. The van der Waals surface area contributed by atoms with Gasteiger partial charge in [-0.15, -0.1) is 0 Å². The van der Waals surface area contributed by atoms with E-state index in [4.69, 9.17) is 4.74 Å². The summed E-state index contributed by atoms with van der Waals surface area (Å²) in [6.45, 7) is 4.64. The summed E-state index contributed by atoms with van der Waals surface area (Å²) in [6, 6.07) is 7.36. The highest BCUT2D eigenvalue weighted by molar-refractivity contribution is 6.00. The number of benzene rings is 1. The van der Waals surface area contributed by atoms with Crippen LogP contribution in [0.2, 0.25) is 0 Å². The summed E-state index contributed by atoms with van der Waals surface area (Å²) in [6.07, 6.45) is 4.97. The van der Waals surface area contributed by atoms with Crippen LogP contribution < -0.4 is 15.0 Å². The van der Waals surface area contributed by atoms with Crippen LogP contribution in [0.15, 0.2) is 43.0 Å². The molecule has 1 aliphatic rings. The molecule has 0 saturated carbocycles. The molecule has 1 aromatic heterocycles. The third-order valence-corrected chi connectivity index (χ3v) is 4.09. The van der Waals surface area contributed by atoms with Gasteiger partial charge in [0.2, 0.25) is 5.91 Å². The molecule has 2 atom stereocenters. The zero-order valence-electron chi connectivity index (χ0n) is 14.4. The number of ether oxygens (including phenoxy) is 1. The molecule has 0 bridgehead atoms. The van der Waals surface area contributed by atoms with Crippen molar-refractivity contribution in [1.29, 1.82) is 0 Å². The number of aromatic nitrogens is 2. The maximum atomic E-state index is 12.4. The number of rotatable bonds is 6. The Morgan fingerprint density at radius 2 is 2.20 bits per heavy atom. The minimum Gasteiger partial charge on any atom is -0.479 e. The lowest BCUT2D eigenvalue weighted by Gasteiger charge is -2.32. The maximum Gasteiger partial charge on any atom is 0.267 e. The summed E-state index contributed by atoms with van der Waals surface area (Å²) >= 11 is 0. The Balaban J connectivity index is 1.57. The van der Waals surface area contributed by atoms with Crippen LogP contribution in [0.3, 0.4) is 0 Å². The van der Waals surface area contributed by atoms with Gasteiger partial charge in [-0.3, -0.25) is 9.59 Å². The average molecular weight is 342 g/mol. The Kier molecular flexibility index (Phi) is 5.02. The van der Waals surface area contributed by atoms with Crippen molar-refractivity contribution in [3.63, 3.8) is 0 Å². The smallest absolute Gasteiger partial charge is 0.267 e. The first-order valence-corrected chi connectivity index (χ1v) is 8.37. The summed E-state index contributed by atoms with van der Waals surface area (Å²) in [7, 11) is 0. The van der Waals surface area contributed by atoms with Crippen LogP contribution >= 0.6 is 0 Å². The second-order valence-corrected chi connectivity index (χ2v) is 6.20. The summed E-state index contributed by atoms with van der Waals surface area (Å²) in [5.74, 6) is 0.457. The number of carbonyl (C=O) groups is 2. The quantitative estimate of drug-likeness (QED) is 0.865. The number of hydrogen-bond donors (Lipinski definition) is 1. The minimum absolute atomic E-state index is 0.0201. The monoisotopic (exact) mass is 342 g/mol. The van der Waals surface area contributed by atoms with Gasteiger partial charge < -0.3 is 19.5 Å². The number of para-hydroxylation sites is 2. The van der Waals surface area contributed by atoms with Crippen molar-refractivity contribution in [1.82, 2.24) is 14.9 Å². The van der Waals surface area contributed by atoms with E-state index in [9.17, 15) is 9.59 Å². The van der Waals surface area contributed by atoms with Crippen molar-refractivity contribution in [2.24, 2.45) is 0 Å². The topological polar surface area (TPSA) is 76.5 Å². The molecule has 2 heterocycles. The molecule has 2 amide bonds. The molecule has 1 N–H and O–H groups in total. The highest BCUT2D eigenvalue weighted by Crippen LogP contribution is 2.33. The molecule has 0 spiro atoms. The number of hydrogen-bond acceptors (Lipinski definition) is 4. The van der Waals surface area contributed by atoms with E-state index in [0.29, 0.717) is 24.5 Å². The van der Waals surface area contributed by atoms with Gasteiger partial charge in [-0.1, -0.05) is 12.1 Å². The highest BCUT2D eigenvalue weighted by Gasteiger charge is 2.31. The molecule has 3 rings (SSSR count). The van der Waals surface area contributed by atoms with Crippen molar-refractivity contribution in [2.75, 3.05) is 11.4 Å². The molecule has 1 aromatic carbocycles. The lowest BCUT2D eigenvalue weighted by molar-refractivity contribution is -0.125. The molecule has 2 aromatic rings. The number of nitrogens with zero attached hydrogens (tertiary/aromatic N) is 3. The van der Waals surface area contributed by atoms with Crippen molar-refractivity contribution in [3.05, 3.63) is 43.0 Å². The SMILES string of the molecule is C[C@@H](Cn1ccnc1)NC(=O)CCN1C(=O)[C@@H](C)Oc2ccccc21. The molecule has 132 valence electrons. The molecule has 0 saturated heterocycles. The van der Waals surface area contributed by atoms with E-state index >= 15 is 0 Å². The molecule has 0 radical (unpaired) electrons. The number of anilines is 1. The summed E-state index contributed by atoms with van der Waals surface area (Å²) in [4.78, 5) is 30.2. The molecule has 0 fully saturated rings. The maximum absolute atomic E-state index is 12.4. The predicted molar refractivity (Wildman–Crippen MR) is 93.3 cm³/mol. The van der Waals surface area contributed by atoms with Crippen LogP contribution in [0.1, 0.15) is 20.3 Å². The van der Waals surface area contributed by atoms with Crippen LogP contribution in [0.5, 0.6) is 5.75 Å². The number of amides is 2. The first-order valence-electron chi connectivity index (χ1n) is 8.37. The molecule has 7 heteroatoms. The third kappa shape index (κ3) is 3.99. The molecule has 0 aliphatic carbocycles. The zero-order valence-corrected chi connectivity index (χ0v) is 14.4. The van der Waals surface area contributed by atoms with Crippen molar-refractivity contribution in [3.8, 4) is 5.75 Å². The van der Waals surface area contributed by atoms with Crippen LogP contribution in [0, 0.1) is 0 Å². The third-order valence-electron chi connectivity index (χ3n) is 4.09. The summed E-state index contributed by atoms with van der Waals surface area (Å²) in [5.41, 5.74) is 0.713. The highest BCUT2D eigenvalue weighted by atomic mass is 16.5. The van der Waals surface area contributed by atoms with Gasteiger partial charge in [-0.25, -0.2) is 4.98 Å². The van der Waals surface area contributed by atoms with Crippen LogP contribution in [-0.4, -0.2) is 40.1 Å². The lowest BCUT2D eigenvalue weighted by atomic mass is 10.1. The molecule has 7 nitrogen and oxygen atoms in total. The fourth-order valence-electron chi connectivity index (χ4n) is 2.91. The summed E-state index contributed by atoms with van der Waals surface area (Å²) in [5, 5.41) is 2.95. The molecule has 1 aliphatic heterocycles. The predicted octanol–water partition coefficient (Wildman–Crippen LogP) is 1.59. The van der Waals surface area contributed by atoms with E-state index < -0.39 is 6.10 Å². The minimum atomic E-state index is -0.543. The molecular weight excluding hydrogens is 320 g/mol. The van der Waals surface area contributed by atoms with Gasteiger partial charge in [0.05, 0.1) is 12.0 Å². The van der Waals surface area contributed by atoms with E-state index in [2.05, 4.69) is 10.3 Å². The lowest BCUT2D eigenvalue weighted by Crippen LogP contribution is -2.46. The van der Waals surface area contributed by atoms with Gasteiger partial charge in [0.1, 0.15) is 5.75 Å². The van der Waals surface area contributed by atoms with Crippen LogP contribution in [-0.2, 0) is 16.1 Å². The van der Waals surface area contributed by atoms with Gasteiger partial charge >= 0.3 is 0 Å². The second kappa shape index (κ2) is 7.38. The first-order chi connectivity index (χ1) is 12.0. The van der Waals surface area contributed by atoms with E-state index in [1.807, 2.05) is 42.0 Å². The zero-order chi connectivity index (χ0) is 17.8. The fourth-order valence-corrected chi connectivity index (χ4v) is 2.91.